The first-order chi connectivity index (χ1) is 13.1. The molecule has 1 aromatic rings. The van der Waals surface area contributed by atoms with Crippen LogP contribution >= 0.6 is 11.3 Å². The van der Waals surface area contributed by atoms with Gasteiger partial charge in [-0.1, -0.05) is 0 Å². The fourth-order valence-electron chi connectivity index (χ4n) is 5.89. The van der Waals surface area contributed by atoms with Crippen molar-refractivity contribution >= 4 is 28.2 Å². The van der Waals surface area contributed by atoms with Gasteiger partial charge in [-0.2, -0.15) is 0 Å². The third-order valence-electron chi connectivity index (χ3n) is 6.78. The number of thiophene rings is 1. The number of ether oxygens (including phenoxy) is 2. The van der Waals surface area contributed by atoms with Crippen molar-refractivity contribution in [2.75, 3.05) is 11.9 Å². The summed E-state index contributed by atoms with van der Waals surface area (Å²) in [5.41, 5.74) is 0.992. The summed E-state index contributed by atoms with van der Waals surface area (Å²) in [7, 11) is 0. The number of anilines is 1. The van der Waals surface area contributed by atoms with Crippen LogP contribution in [0.2, 0.25) is 0 Å². The number of amides is 1. The highest BCUT2D eigenvalue weighted by Gasteiger charge is 2.56. The average Bonchev–Trinajstić information content (AvgIpc) is 2.98. The Morgan fingerprint density at radius 1 is 1.19 bits per heavy atom. The molecule has 5 aliphatic rings. The molecule has 2 atom stereocenters. The fourth-order valence-corrected chi connectivity index (χ4v) is 7.17. The number of rotatable bonds is 4. The Hall–Kier alpha value is -1.40. The number of carbonyl (C=O) groups excluding carboxylic acids is 2. The lowest BCUT2D eigenvalue weighted by molar-refractivity contribution is -0.215. The van der Waals surface area contributed by atoms with Crippen LogP contribution in [0.4, 0.5) is 5.00 Å². The van der Waals surface area contributed by atoms with Gasteiger partial charge in [0, 0.05) is 4.88 Å². The number of esters is 1. The summed E-state index contributed by atoms with van der Waals surface area (Å²) in [6.45, 7) is 2.16. The third kappa shape index (κ3) is 2.92. The van der Waals surface area contributed by atoms with Gasteiger partial charge in [-0.25, -0.2) is 4.79 Å². The smallest absolute Gasteiger partial charge is 0.341 e. The van der Waals surface area contributed by atoms with Crippen molar-refractivity contribution in [2.24, 2.45) is 11.8 Å². The fraction of sp³-hybridized carbons (Fsp3) is 0.714. The molecule has 1 aromatic heterocycles. The van der Waals surface area contributed by atoms with Crippen LogP contribution in [0.3, 0.4) is 0 Å². The van der Waals surface area contributed by atoms with Gasteiger partial charge in [0.1, 0.15) is 10.6 Å². The first kappa shape index (κ1) is 17.7. The van der Waals surface area contributed by atoms with E-state index in [4.69, 9.17) is 9.47 Å². The summed E-state index contributed by atoms with van der Waals surface area (Å²) in [6.07, 6.45) is 9.44. The predicted molar refractivity (Wildman–Crippen MR) is 103 cm³/mol. The van der Waals surface area contributed by atoms with Crippen molar-refractivity contribution in [3.63, 3.8) is 0 Å². The minimum atomic E-state index is -0.689. The van der Waals surface area contributed by atoms with Crippen LogP contribution in [0.25, 0.3) is 0 Å². The predicted octanol–water partition coefficient (Wildman–Crippen LogP) is 4.09. The van der Waals surface area contributed by atoms with Crippen LogP contribution in [0.5, 0.6) is 0 Å². The maximum Gasteiger partial charge on any atom is 0.341 e. The van der Waals surface area contributed by atoms with Crippen molar-refractivity contribution in [3.05, 3.63) is 16.0 Å². The molecule has 0 spiro atoms. The minimum Gasteiger partial charge on any atom is -0.462 e. The lowest BCUT2D eigenvalue weighted by atomic mass is 9.62. The van der Waals surface area contributed by atoms with E-state index in [0.717, 1.165) is 56.9 Å². The van der Waals surface area contributed by atoms with E-state index in [2.05, 4.69) is 5.32 Å². The first-order valence-corrected chi connectivity index (χ1v) is 11.2. The summed E-state index contributed by atoms with van der Waals surface area (Å²) in [4.78, 5) is 27.2. The molecule has 2 saturated heterocycles. The molecule has 1 amide bonds. The zero-order chi connectivity index (χ0) is 18.6. The molecule has 6 rings (SSSR count). The molecular formula is C21H27NO4S. The molecule has 6 heteroatoms. The summed E-state index contributed by atoms with van der Waals surface area (Å²) < 4.78 is 11.6. The molecule has 2 aliphatic heterocycles. The molecule has 27 heavy (non-hydrogen) atoms. The van der Waals surface area contributed by atoms with Crippen LogP contribution in [0, 0.1) is 11.8 Å². The van der Waals surface area contributed by atoms with Crippen molar-refractivity contribution in [3.8, 4) is 0 Å². The average molecular weight is 390 g/mol. The van der Waals surface area contributed by atoms with Crippen LogP contribution in [0.15, 0.2) is 0 Å². The summed E-state index contributed by atoms with van der Waals surface area (Å²) in [5, 5.41) is 3.79. The number of carbonyl (C=O) groups is 2. The van der Waals surface area contributed by atoms with E-state index in [1.807, 2.05) is 6.92 Å². The highest BCUT2D eigenvalue weighted by Crippen LogP contribution is 2.53. The van der Waals surface area contributed by atoms with Gasteiger partial charge in [-0.3, -0.25) is 4.79 Å². The van der Waals surface area contributed by atoms with Gasteiger partial charge in [0.15, 0.2) is 0 Å². The van der Waals surface area contributed by atoms with Gasteiger partial charge >= 0.3 is 5.97 Å². The molecule has 2 unspecified atom stereocenters. The molecule has 5 nitrogen and oxygen atoms in total. The van der Waals surface area contributed by atoms with E-state index in [9.17, 15) is 9.59 Å². The zero-order valence-electron chi connectivity index (χ0n) is 15.8. The largest absolute Gasteiger partial charge is 0.462 e. The second kappa shape index (κ2) is 6.59. The van der Waals surface area contributed by atoms with Gasteiger partial charge in [-0.05, 0) is 82.1 Å². The third-order valence-corrected chi connectivity index (χ3v) is 7.99. The maximum atomic E-state index is 13.3. The summed E-state index contributed by atoms with van der Waals surface area (Å²) in [5.74, 6) is 0.871. The van der Waals surface area contributed by atoms with E-state index in [0.29, 0.717) is 29.0 Å². The Kier molecular flexibility index (Phi) is 4.32. The van der Waals surface area contributed by atoms with E-state index < -0.39 is 5.60 Å². The second-order valence-electron chi connectivity index (χ2n) is 8.67. The molecule has 0 aromatic carbocycles. The van der Waals surface area contributed by atoms with Crippen LogP contribution in [-0.4, -0.2) is 30.2 Å². The van der Waals surface area contributed by atoms with Crippen LogP contribution in [0.1, 0.15) is 72.7 Å². The monoisotopic (exact) mass is 389 g/mol. The number of hydrogen-bond acceptors (Lipinski definition) is 5. The second-order valence-corrected chi connectivity index (χ2v) is 9.78. The van der Waals surface area contributed by atoms with Crippen LogP contribution in [-0.2, 0) is 27.1 Å². The van der Waals surface area contributed by atoms with Crippen molar-refractivity contribution in [1.82, 2.24) is 0 Å². The lowest BCUT2D eigenvalue weighted by Crippen LogP contribution is -2.60. The molecule has 3 heterocycles. The van der Waals surface area contributed by atoms with Crippen molar-refractivity contribution in [1.29, 1.82) is 0 Å². The number of nitrogens with one attached hydrogen (secondary N) is 1. The molecule has 2 saturated carbocycles. The van der Waals surface area contributed by atoms with E-state index >= 15 is 0 Å². The molecule has 0 radical (unpaired) electrons. The van der Waals surface area contributed by atoms with Gasteiger partial charge in [0.25, 0.3) is 5.91 Å². The van der Waals surface area contributed by atoms with Gasteiger partial charge < -0.3 is 14.8 Å². The maximum absolute atomic E-state index is 13.3. The van der Waals surface area contributed by atoms with Crippen molar-refractivity contribution < 1.29 is 19.1 Å². The summed E-state index contributed by atoms with van der Waals surface area (Å²) in [6, 6.07) is 0. The van der Waals surface area contributed by atoms with Crippen molar-refractivity contribution in [2.45, 2.75) is 76.4 Å². The first-order valence-electron chi connectivity index (χ1n) is 10.4. The van der Waals surface area contributed by atoms with E-state index in [-0.39, 0.29) is 18.0 Å². The Labute approximate surface area is 163 Å². The number of hydrogen-bond donors (Lipinski definition) is 1. The van der Waals surface area contributed by atoms with Gasteiger partial charge in [0.05, 0.1) is 18.3 Å². The normalized spacial score (nSPS) is 33.6. The SMILES string of the molecule is CCOC(=O)c1c(NC(=O)C23CC4CC(CC(C4)O2)C3)sc2c1CCCC2. The molecule has 4 bridgehead atoms. The van der Waals surface area contributed by atoms with E-state index in [1.165, 1.54) is 11.3 Å². The zero-order valence-corrected chi connectivity index (χ0v) is 16.7. The summed E-state index contributed by atoms with van der Waals surface area (Å²) >= 11 is 1.56. The molecule has 3 aliphatic carbocycles. The Morgan fingerprint density at radius 2 is 1.93 bits per heavy atom. The highest BCUT2D eigenvalue weighted by atomic mass is 32.1. The number of fused-ring (bicyclic) bond motifs is 1. The highest BCUT2D eigenvalue weighted by molar-refractivity contribution is 7.17. The molecular weight excluding hydrogens is 362 g/mol. The lowest BCUT2D eigenvalue weighted by Gasteiger charge is -2.55. The Bertz CT molecular complexity index is 748. The minimum absolute atomic E-state index is 0.0502. The van der Waals surface area contributed by atoms with Gasteiger partial charge in [0.2, 0.25) is 0 Å². The Balaban J connectivity index is 1.44. The Morgan fingerprint density at radius 3 is 2.63 bits per heavy atom. The molecule has 4 fully saturated rings. The topological polar surface area (TPSA) is 64.6 Å². The quantitative estimate of drug-likeness (QED) is 0.788. The number of aryl methyl sites for hydroxylation is 1. The standard InChI is InChI=1S/C21H27NO4S/c1-2-25-19(23)17-15-5-3-4-6-16(15)27-18(17)22-20(24)21-10-12-7-13(11-21)9-14(8-12)26-21/h12-14H,2-11H2,1H3,(H,22,24). The van der Waals surface area contributed by atoms with E-state index in [1.54, 1.807) is 11.3 Å². The van der Waals surface area contributed by atoms with Crippen LogP contribution < -0.4 is 5.32 Å². The van der Waals surface area contributed by atoms with Gasteiger partial charge in [-0.15, -0.1) is 11.3 Å². The molecule has 146 valence electrons. The molecule has 1 N–H and O–H groups in total.